The summed E-state index contributed by atoms with van der Waals surface area (Å²) in [5.41, 5.74) is 0.870. The van der Waals surface area contributed by atoms with Crippen LogP contribution in [0.15, 0.2) is 38.6 Å². The number of benzene rings is 1. The summed E-state index contributed by atoms with van der Waals surface area (Å²) in [7, 11) is -7.58. The van der Waals surface area contributed by atoms with E-state index >= 15 is 0 Å². The van der Waals surface area contributed by atoms with Crippen LogP contribution < -0.4 is 10.0 Å². The fourth-order valence-electron chi connectivity index (χ4n) is 3.26. The number of hydrogen-bond acceptors (Lipinski definition) is 8. The number of sulfonamides is 2. The van der Waals surface area contributed by atoms with Crippen molar-refractivity contribution in [1.82, 2.24) is 19.5 Å². The third-order valence-corrected chi connectivity index (χ3v) is 8.66. The molecule has 0 bridgehead atoms. The van der Waals surface area contributed by atoms with Gasteiger partial charge in [-0.15, -0.1) is 0 Å². The Bertz CT molecular complexity index is 1150. The SMILES string of the molecule is Cc1noc(C)c1S(=O)(=O)N[C@@H](C)C(=O)NCc1ccc(S(=O)(=O)N2CCOCC2)cc1. The molecule has 1 saturated heterocycles. The zero-order chi connectivity index (χ0) is 23.5. The maximum absolute atomic E-state index is 12.7. The molecule has 1 atom stereocenters. The molecule has 11 nitrogen and oxygen atoms in total. The second kappa shape index (κ2) is 9.67. The lowest BCUT2D eigenvalue weighted by Gasteiger charge is -2.26. The molecule has 0 aliphatic carbocycles. The van der Waals surface area contributed by atoms with E-state index in [2.05, 4.69) is 15.2 Å². The highest BCUT2D eigenvalue weighted by molar-refractivity contribution is 7.89. The summed E-state index contributed by atoms with van der Waals surface area (Å²) in [4.78, 5) is 12.4. The van der Waals surface area contributed by atoms with Gasteiger partial charge in [0.2, 0.25) is 26.0 Å². The van der Waals surface area contributed by atoms with Gasteiger partial charge < -0.3 is 14.6 Å². The molecule has 1 aromatic carbocycles. The number of aryl methyl sites for hydroxylation is 2. The molecule has 2 heterocycles. The first-order chi connectivity index (χ1) is 15.0. The van der Waals surface area contributed by atoms with Gasteiger partial charge in [-0.25, -0.2) is 16.8 Å². The Balaban J connectivity index is 1.58. The van der Waals surface area contributed by atoms with Crippen LogP contribution in [0.1, 0.15) is 23.9 Å². The summed E-state index contributed by atoms with van der Waals surface area (Å²) in [5, 5.41) is 6.25. The summed E-state index contributed by atoms with van der Waals surface area (Å²) in [6.45, 7) is 5.84. The van der Waals surface area contributed by atoms with E-state index in [4.69, 9.17) is 9.26 Å². The standard InChI is InChI=1S/C19H26N4O7S2/c1-13-18(15(3)30-21-13)31(25,26)22-14(2)19(24)20-12-16-4-6-17(7-5-16)32(27,28)23-8-10-29-11-9-23/h4-7,14,22H,8-12H2,1-3H3,(H,20,24)/t14-/m0/s1. The number of amides is 1. The second-order valence-corrected chi connectivity index (χ2v) is 11.0. The van der Waals surface area contributed by atoms with E-state index in [1.165, 1.54) is 37.2 Å². The zero-order valence-electron chi connectivity index (χ0n) is 18.0. The van der Waals surface area contributed by atoms with Gasteiger partial charge in [-0.1, -0.05) is 17.3 Å². The van der Waals surface area contributed by atoms with Crippen molar-refractivity contribution in [2.45, 2.75) is 43.1 Å². The molecule has 0 spiro atoms. The number of carbonyl (C=O) groups excluding carboxylic acids is 1. The summed E-state index contributed by atoms with van der Waals surface area (Å²) in [6.07, 6.45) is 0. The highest BCUT2D eigenvalue weighted by atomic mass is 32.2. The molecular formula is C19H26N4O7S2. The van der Waals surface area contributed by atoms with Gasteiger partial charge >= 0.3 is 0 Å². The predicted molar refractivity (Wildman–Crippen MR) is 114 cm³/mol. The van der Waals surface area contributed by atoms with Gasteiger partial charge in [0.15, 0.2) is 5.76 Å². The molecule has 0 unspecified atom stereocenters. The summed E-state index contributed by atoms with van der Waals surface area (Å²) < 4.78 is 64.1. The van der Waals surface area contributed by atoms with E-state index < -0.39 is 32.0 Å². The molecule has 3 rings (SSSR count). The smallest absolute Gasteiger partial charge is 0.246 e. The molecule has 176 valence electrons. The van der Waals surface area contributed by atoms with Crippen molar-refractivity contribution in [2.24, 2.45) is 0 Å². The van der Waals surface area contributed by atoms with Crippen molar-refractivity contribution in [1.29, 1.82) is 0 Å². The minimum Gasteiger partial charge on any atom is -0.379 e. The lowest BCUT2D eigenvalue weighted by molar-refractivity contribution is -0.122. The van der Waals surface area contributed by atoms with Gasteiger partial charge in [-0.3, -0.25) is 4.79 Å². The Hall–Kier alpha value is -2.32. The Kier molecular flexibility index (Phi) is 7.35. The fourth-order valence-corrected chi connectivity index (χ4v) is 6.20. The van der Waals surface area contributed by atoms with Gasteiger partial charge in [0.25, 0.3) is 0 Å². The highest BCUT2D eigenvalue weighted by Gasteiger charge is 2.28. The van der Waals surface area contributed by atoms with Crippen LogP contribution in [0.3, 0.4) is 0 Å². The molecule has 1 aliphatic heterocycles. The molecule has 1 fully saturated rings. The second-order valence-electron chi connectivity index (χ2n) is 7.37. The number of ether oxygens (including phenoxy) is 1. The van der Waals surface area contributed by atoms with Crippen molar-refractivity contribution in [3.8, 4) is 0 Å². The van der Waals surface area contributed by atoms with Crippen LogP contribution in [-0.2, 0) is 36.1 Å². The minimum absolute atomic E-state index is 0.0887. The summed E-state index contributed by atoms with van der Waals surface area (Å²) >= 11 is 0. The Morgan fingerprint density at radius 1 is 1.12 bits per heavy atom. The summed E-state index contributed by atoms with van der Waals surface area (Å²) in [5.74, 6) is -0.403. The Labute approximate surface area is 187 Å². The maximum Gasteiger partial charge on any atom is 0.246 e. The van der Waals surface area contributed by atoms with Crippen molar-refractivity contribution in [3.05, 3.63) is 41.3 Å². The molecule has 1 aromatic heterocycles. The van der Waals surface area contributed by atoms with Crippen molar-refractivity contribution in [3.63, 3.8) is 0 Å². The van der Waals surface area contributed by atoms with E-state index in [9.17, 15) is 21.6 Å². The maximum atomic E-state index is 12.7. The Morgan fingerprint density at radius 2 is 1.75 bits per heavy atom. The predicted octanol–water partition coefficient (Wildman–Crippen LogP) is 0.296. The van der Waals surface area contributed by atoms with Crippen LogP contribution in [0.4, 0.5) is 0 Å². The van der Waals surface area contributed by atoms with Crippen LogP contribution >= 0.6 is 0 Å². The van der Waals surface area contributed by atoms with E-state index in [0.717, 1.165) is 0 Å². The van der Waals surface area contributed by atoms with Gasteiger partial charge in [-0.2, -0.15) is 9.03 Å². The molecule has 2 N–H and O–H groups in total. The fraction of sp³-hybridized carbons (Fsp3) is 0.474. The molecule has 32 heavy (non-hydrogen) atoms. The van der Waals surface area contributed by atoms with E-state index in [-0.39, 0.29) is 27.8 Å². The molecule has 0 radical (unpaired) electrons. The highest BCUT2D eigenvalue weighted by Crippen LogP contribution is 2.19. The topological polar surface area (TPSA) is 148 Å². The molecule has 0 saturated carbocycles. The molecular weight excluding hydrogens is 460 g/mol. The van der Waals surface area contributed by atoms with E-state index in [0.29, 0.717) is 31.9 Å². The number of aromatic nitrogens is 1. The van der Waals surface area contributed by atoms with Crippen molar-refractivity contribution < 1.29 is 30.9 Å². The van der Waals surface area contributed by atoms with Gasteiger partial charge in [0.1, 0.15) is 10.6 Å². The zero-order valence-corrected chi connectivity index (χ0v) is 19.6. The quantitative estimate of drug-likeness (QED) is 0.541. The minimum atomic E-state index is -3.99. The third-order valence-electron chi connectivity index (χ3n) is 4.96. The first kappa shape index (κ1) is 24.3. The lowest BCUT2D eigenvalue weighted by Crippen LogP contribution is -2.44. The van der Waals surface area contributed by atoms with Crippen molar-refractivity contribution in [2.75, 3.05) is 26.3 Å². The van der Waals surface area contributed by atoms with Crippen LogP contribution in [0.25, 0.3) is 0 Å². The van der Waals surface area contributed by atoms with E-state index in [1.807, 2.05) is 0 Å². The largest absolute Gasteiger partial charge is 0.379 e. The van der Waals surface area contributed by atoms with Gasteiger partial charge in [-0.05, 0) is 38.5 Å². The monoisotopic (exact) mass is 486 g/mol. The third kappa shape index (κ3) is 5.35. The summed E-state index contributed by atoms with van der Waals surface area (Å²) in [6, 6.07) is 5.12. The first-order valence-electron chi connectivity index (χ1n) is 9.92. The van der Waals surface area contributed by atoms with Crippen LogP contribution in [0.5, 0.6) is 0 Å². The normalized spacial score (nSPS) is 16.6. The number of carbonyl (C=O) groups is 1. The Morgan fingerprint density at radius 3 is 2.31 bits per heavy atom. The molecule has 13 heteroatoms. The number of nitrogens with zero attached hydrogens (tertiary/aromatic N) is 2. The molecule has 1 aliphatic rings. The number of nitrogens with one attached hydrogen (secondary N) is 2. The average Bonchev–Trinajstić information content (AvgIpc) is 3.11. The van der Waals surface area contributed by atoms with Crippen LogP contribution in [0.2, 0.25) is 0 Å². The number of rotatable bonds is 8. The number of morpholine rings is 1. The van der Waals surface area contributed by atoms with Gasteiger partial charge in [0.05, 0.1) is 24.2 Å². The van der Waals surface area contributed by atoms with E-state index in [1.54, 1.807) is 12.1 Å². The van der Waals surface area contributed by atoms with Crippen LogP contribution in [-0.4, -0.2) is 64.5 Å². The lowest BCUT2D eigenvalue weighted by atomic mass is 10.2. The van der Waals surface area contributed by atoms with Crippen LogP contribution in [0, 0.1) is 13.8 Å². The molecule has 1 amide bonds. The number of hydrogen-bond donors (Lipinski definition) is 2. The average molecular weight is 487 g/mol. The van der Waals surface area contributed by atoms with Gasteiger partial charge in [0, 0.05) is 19.6 Å². The molecule has 2 aromatic rings. The van der Waals surface area contributed by atoms with Crippen molar-refractivity contribution >= 4 is 26.0 Å². The first-order valence-corrected chi connectivity index (χ1v) is 12.8.